The highest BCUT2D eigenvalue weighted by Gasteiger charge is 2.38. The van der Waals surface area contributed by atoms with Gasteiger partial charge in [-0.15, -0.1) is 0 Å². The quantitative estimate of drug-likeness (QED) is 0.536. The number of nitrogens with zero attached hydrogens (tertiary/aromatic N) is 1. The first kappa shape index (κ1) is 21.0. The van der Waals surface area contributed by atoms with Crippen molar-refractivity contribution in [2.75, 3.05) is 33.3 Å². The normalized spacial score (nSPS) is 14.9. The minimum absolute atomic E-state index is 0.197. The van der Waals surface area contributed by atoms with E-state index in [0.717, 1.165) is 0 Å². The third-order valence-electron chi connectivity index (χ3n) is 4.85. The average molecular weight is 409 g/mol. The van der Waals surface area contributed by atoms with Crippen LogP contribution in [-0.4, -0.2) is 40.3 Å². The van der Waals surface area contributed by atoms with Gasteiger partial charge in [-0.3, -0.25) is 9.69 Å². The van der Waals surface area contributed by atoms with Crippen LogP contribution in [0, 0.1) is 0 Å². The van der Waals surface area contributed by atoms with Gasteiger partial charge in [-0.1, -0.05) is 12.1 Å². The molecule has 7 heteroatoms. The highest BCUT2D eigenvalue weighted by molar-refractivity contribution is 6.24. The van der Waals surface area contributed by atoms with Crippen molar-refractivity contribution in [3.8, 4) is 17.2 Å². The molecule has 0 spiro atoms. The number of allylic oxidation sites excluding steroid dienone is 1. The van der Waals surface area contributed by atoms with Gasteiger partial charge in [-0.2, -0.15) is 0 Å². The van der Waals surface area contributed by atoms with Crippen molar-refractivity contribution in [3.63, 3.8) is 0 Å². The molecule has 1 aliphatic heterocycles. The van der Waals surface area contributed by atoms with Crippen LogP contribution in [0.3, 0.4) is 0 Å². The predicted octanol–water partition coefficient (Wildman–Crippen LogP) is 3.59. The van der Waals surface area contributed by atoms with Gasteiger partial charge >= 0.3 is 5.97 Å². The van der Waals surface area contributed by atoms with Crippen LogP contribution < -0.4 is 19.1 Å². The van der Waals surface area contributed by atoms with E-state index in [1.807, 2.05) is 0 Å². The Bertz CT molecular complexity index is 1040. The highest BCUT2D eigenvalue weighted by atomic mass is 16.5. The Hall–Kier alpha value is -3.74. The lowest BCUT2D eigenvalue weighted by atomic mass is 10.0. The summed E-state index contributed by atoms with van der Waals surface area (Å²) in [5.41, 5.74) is 2.10. The van der Waals surface area contributed by atoms with E-state index in [4.69, 9.17) is 18.9 Å². The molecule has 0 aromatic heterocycles. The van der Waals surface area contributed by atoms with Crippen LogP contribution in [0.5, 0.6) is 17.2 Å². The van der Waals surface area contributed by atoms with Crippen LogP contribution in [-0.2, 0) is 14.3 Å². The van der Waals surface area contributed by atoms with Gasteiger partial charge < -0.3 is 18.9 Å². The zero-order valence-electron chi connectivity index (χ0n) is 17.5. The number of anilines is 1. The third-order valence-corrected chi connectivity index (χ3v) is 4.85. The molecule has 0 saturated carbocycles. The number of hydrogen-bond donors (Lipinski definition) is 0. The molecule has 0 fully saturated rings. The van der Waals surface area contributed by atoms with Crippen molar-refractivity contribution >= 4 is 23.6 Å². The zero-order chi connectivity index (χ0) is 21.8. The molecule has 3 rings (SSSR count). The summed E-state index contributed by atoms with van der Waals surface area (Å²) >= 11 is 0. The molecule has 0 bridgehead atoms. The smallest absolute Gasteiger partial charge is 0.340 e. The van der Waals surface area contributed by atoms with Crippen LogP contribution in [0.25, 0.3) is 6.08 Å². The number of hydrogen-bond acceptors (Lipinski definition) is 6. The summed E-state index contributed by atoms with van der Waals surface area (Å²) in [4.78, 5) is 27.4. The van der Waals surface area contributed by atoms with Crippen molar-refractivity contribution in [2.24, 2.45) is 0 Å². The number of rotatable bonds is 6. The van der Waals surface area contributed by atoms with Crippen molar-refractivity contribution in [2.45, 2.75) is 6.92 Å². The molecular weight excluding hydrogens is 386 g/mol. The fourth-order valence-electron chi connectivity index (χ4n) is 3.40. The van der Waals surface area contributed by atoms with Crippen LogP contribution in [0.4, 0.5) is 5.69 Å². The van der Waals surface area contributed by atoms with Crippen molar-refractivity contribution < 1.29 is 28.5 Å². The molecule has 0 radical (unpaired) electrons. The summed E-state index contributed by atoms with van der Waals surface area (Å²) in [5.74, 6) is 0.708. The van der Waals surface area contributed by atoms with Gasteiger partial charge in [0, 0.05) is 16.9 Å². The van der Waals surface area contributed by atoms with Crippen LogP contribution in [0.1, 0.15) is 12.5 Å². The van der Waals surface area contributed by atoms with Crippen LogP contribution in [0.15, 0.2) is 59.3 Å². The standard InChI is InChI=1S/C23H23NO6/c1-14-20(23(26)30-5)18(13-15-7-6-8-19(28-3)21(15)29-4)22(25)24(14)16-9-11-17(27-2)12-10-16/h6-13H,1-5H3/b18-13-. The Balaban J connectivity index is 2.16. The Labute approximate surface area is 175 Å². The summed E-state index contributed by atoms with van der Waals surface area (Å²) in [5, 5.41) is 0. The molecule has 156 valence electrons. The largest absolute Gasteiger partial charge is 0.497 e. The Morgan fingerprint density at radius 1 is 0.933 bits per heavy atom. The van der Waals surface area contributed by atoms with E-state index in [2.05, 4.69) is 0 Å². The maximum atomic E-state index is 13.4. The van der Waals surface area contributed by atoms with Gasteiger partial charge in [0.1, 0.15) is 5.75 Å². The van der Waals surface area contributed by atoms with Gasteiger partial charge in [0.2, 0.25) is 0 Å². The van der Waals surface area contributed by atoms with Crippen molar-refractivity contribution in [3.05, 3.63) is 64.9 Å². The molecule has 0 saturated heterocycles. The Morgan fingerprint density at radius 3 is 2.20 bits per heavy atom. The predicted molar refractivity (Wildman–Crippen MR) is 113 cm³/mol. The lowest BCUT2D eigenvalue weighted by Crippen LogP contribution is -2.24. The molecular formula is C23H23NO6. The first-order valence-electron chi connectivity index (χ1n) is 9.17. The van der Waals surface area contributed by atoms with E-state index in [-0.39, 0.29) is 17.1 Å². The number of benzene rings is 2. The van der Waals surface area contributed by atoms with E-state index in [0.29, 0.717) is 34.2 Å². The minimum Gasteiger partial charge on any atom is -0.497 e. The monoisotopic (exact) mass is 409 g/mol. The molecule has 0 N–H and O–H groups in total. The first-order chi connectivity index (χ1) is 14.5. The van der Waals surface area contributed by atoms with E-state index >= 15 is 0 Å². The second kappa shape index (κ2) is 8.73. The maximum absolute atomic E-state index is 13.4. The number of carbonyl (C=O) groups excluding carboxylic acids is 2. The van der Waals surface area contributed by atoms with Crippen LogP contribution in [0.2, 0.25) is 0 Å². The number of carbonyl (C=O) groups is 2. The fourth-order valence-corrected chi connectivity index (χ4v) is 3.40. The van der Waals surface area contributed by atoms with Gasteiger partial charge in [-0.05, 0) is 43.3 Å². The van der Waals surface area contributed by atoms with E-state index < -0.39 is 5.97 Å². The summed E-state index contributed by atoms with van der Waals surface area (Å²) < 4.78 is 20.9. The molecule has 7 nitrogen and oxygen atoms in total. The van der Waals surface area contributed by atoms with Gasteiger partial charge in [0.25, 0.3) is 5.91 Å². The molecule has 1 aliphatic rings. The second-order valence-corrected chi connectivity index (χ2v) is 6.43. The Kier molecular flexibility index (Phi) is 6.11. The maximum Gasteiger partial charge on any atom is 0.340 e. The molecule has 2 aromatic rings. The highest BCUT2D eigenvalue weighted by Crippen LogP contribution is 2.38. The summed E-state index contributed by atoms with van der Waals surface area (Å²) in [6.45, 7) is 1.71. The number of esters is 1. The van der Waals surface area contributed by atoms with E-state index in [9.17, 15) is 9.59 Å². The lowest BCUT2D eigenvalue weighted by molar-refractivity contribution is -0.136. The van der Waals surface area contributed by atoms with Crippen molar-refractivity contribution in [1.29, 1.82) is 0 Å². The molecule has 1 amide bonds. The summed E-state index contributed by atoms with van der Waals surface area (Å²) in [7, 11) is 5.90. The van der Waals surface area contributed by atoms with Crippen LogP contribution >= 0.6 is 0 Å². The zero-order valence-corrected chi connectivity index (χ0v) is 17.5. The Morgan fingerprint density at radius 2 is 1.63 bits per heavy atom. The number of amides is 1. The van der Waals surface area contributed by atoms with E-state index in [1.54, 1.807) is 62.6 Å². The minimum atomic E-state index is -0.593. The second-order valence-electron chi connectivity index (χ2n) is 6.43. The molecule has 0 atom stereocenters. The topological polar surface area (TPSA) is 74.3 Å². The van der Waals surface area contributed by atoms with Crippen molar-refractivity contribution in [1.82, 2.24) is 0 Å². The molecule has 30 heavy (non-hydrogen) atoms. The van der Waals surface area contributed by atoms with E-state index in [1.165, 1.54) is 26.2 Å². The first-order valence-corrected chi connectivity index (χ1v) is 9.17. The number of methoxy groups -OCH3 is 4. The fraction of sp³-hybridized carbons (Fsp3) is 0.217. The molecule has 1 heterocycles. The third kappa shape index (κ3) is 3.61. The average Bonchev–Trinajstić information content (AvgIpc) is 3.02. The number of para-hydroxylation sites is 1. The SMILES string of the molecule is COC(=O)C1=C(C)N(c2ccc(OC)cc2)C(=O)/C1=C\c1cccc(OC)c1OC. The number of ether oxygens (including phenoxy) is 4. The van der Waals surface area contributed by atoms with Gasteiger partial charge in [-0.25, -0.2) is 4.79 Å². The van der Waals surface area contributed by atoms with Gasteiger partial charge in [0.05, 0.1) is 39.6 Å². The molecule has 2 aromatic carbocycles. The molecule has 0 aliphatic carbocycles. The summed E-state index contributed by atoms with van der Waals surface area (Å²) in [6, 6.07) is 12.3. The molecule has 0 unspecified atom stereocenters. The van der Waals surface area contributed by atoms with Gasteiger partial charge in [0.15, 0.2) is 11.5 Å². The lowest BCUT2D eigenvalue weighted by Gasteiger charge is -2.18. The summed E-state index contributed by atoms with van der Waals surface area (Å²) in [6.07, 6.45) is 1.61.